The Morgan fingerprint density at radius 2 is 1.91 bits per heavy atom. The molecule has 2 saturated heterocycles. The van der Waals surface area contributed by atoms with E-state index in [2.05, 4.69) is 5.32 Å². The SMILES string of the molecule is CC1(C)Oc2cc(OC3CCNCC3)ccc2[C@@H]2O[C@H](Cc3ccc(F)cc3)[C@H](C(=O)O)C[C@H]21. The van der Waals surface area contributed by atoms with E-state index in [-0.39, 0.29) is 23.9 Å². The van der Waals surface area contributed by atoms with E-state index in [4.69, 9.17) is 14.2 Å². The highest BCUT2D eigenvalue weighted by molar-refractivity contribution is 5.71. The molecule has 7 heteroatoms. The van der Waals surface area contributed by atoms with Gasteiger partial charge in [0.25, 0.3) is 0 Å². The minimum absolute atomic E-state index is 0.109. The fraction of sp³-hybridized carbons (Fsp3) is 0.519. The molecule has 0 bridgehead atoms. The van der Waals surface area contributed by atoms with E-state index in [0.29, 0.717) is 12.8 Å². The topological polar surface area (TPSA) is 77.0 Å². The summed E-state index contributed by atoms with van der Waals surface area (Å²) < 4.78 is 32.5. The predicted molar refractivity (Wildman–Crippen MR) is 125 cm³/mol. The second-order valence-electron chi connectivity index (χ2n) is 10.2. The maximum atomic E-state index is 13.4. The lowest BCUT2D eigenvalue weighted by atomic mass is 9.71. The molecule has 0 radical (unpaired) electrons. The molecular weight excluding hydrogens is 437 g/mol. The lowest BCUT2D eigenvalue weighted by molar-refractivity contribution is -0.187. The molecule has 2 N–H and O–H groups in total. The fourth-order valence-corrected chi connectivity index (χ4v) is 5.54. The Morgan fingerprint density at radius 1 is 1.18 bits per heavy atom. The van der Waals surface area contributed by atoms with Crippen LogP contribution in [-0.4, -0.2) is 42.0 Å². The van der Waals surface area contributed by atoms with Gasteiger partial charge in [-0.15, -0.1) is 0 Å². The fourth-order valence-electron chi connectivity index (χ4n) is 5.54. The van der Waals surface area contributed by atoms with Crippen LogP contribution in [0.25, 0.3) is 0 Å². The number of rotatable bonds is 5. The standard InChI is InChI=1S/C27H32FNO5/c1-27(2)22-15-21(26(30)31)23(13-16-3-5-17(28)6-4-16)33-25(22)20-8-7-19(14-24(20)34-27)32-18-9-11-29-12-10-18/h3-8,14,18,21-23,25,29H,9-13,15H2,1-2H3,(H,30,31)/t21-,22-,23-,25+/m1/s1. The Balaban J connectivity index is 1.42. The molecule has 0 aliphatic carbocycles. The van der Waals surface area contributed by atoms with Crippen LogP contribution in [0.5, 0.6) is 11.5 Å². The number of carboxylic acid groups (broad SMARTS) is 1. The molecule has 4 atom stereocenters. The predicted octanol–water partition coefficient (Wildman–Crippen LogP) is 4.52. The number of benzene rings is 2. The molecule has 3 aliphatic rings. The Morgan fingerprint density at radius 3 is 2.62 bits per heavy atom. The van der Waals surface area contributed by atoms with Gasteiger partial charge in [-0.2, -0.15) is 0 Å². The number of carboxylic acids is 1. The molecule has 2 fully saturated rings. The second-order valence-corrected chi connectivity index (χ2v) is 10.2. The van der Waals surface area contributed by atoms with Crippen LogP contribution in [0.4, 0.5) is 4.39 Å². The molecule has 2 aromatic rings. The summed E-state index contributed by atoms with van der Waals surface area (Å²) >= 11 is 0. The zero-order valence-corrected chi connectivity index (χ0v) is 19.6. The zero-order valence-electron chi connectivity index (χ0n) is 19.6. The van der Waals surface area contributed by atoms with Gasteiger partial charge in [0, 0.05) is 17.5 Å². The minimum Gasteiger partial charge on any atom is -0.490 e. The van der Waals surface area contributed by atoms with Gasteiger partial charge in [0.2, 0.25) is 0 Å². The molecule has 34 heavy (non-hydrogen) atoms. The van der Waals surface area contributed by atoms with E-state index >= 15 is 0 Å². The first kappa shape index (κ1) is 23.1. The number of nitrogens with one attached hydrogen (secondary N) is 1. The Hall–Kier alpha value is -2.64. The maximum absolute atomic E-state index is 13.4. The van der Waals surface area contributed by atoms with Gasteiger partial charge < -0.3 is 24.6 Å². The number of halogens is 1. The van der Waals surface area contributed by atoms with E-state index in [1.165, 1.54) is 12.1 Å². The van der Waals surface area contributed by atoms with Crippen LogP contribution in [0.2, 0.25) is 0 Å². The molecule has 0 unspecified atom stereocenters. The Labute approximate surface area is 199 Å². The highest BCUT2D eigenvalue weighted by atomic mass is 19.1. The molecule has 182 valence electrons. The summed E-state index contributed by atoms with van der Waals surface area (Å²) in [6.45, 7) is 5.90. The average molecular weight is 470 g/mol. The van der Waals surface area contributed by atoms with Crippen molar-refractivity contribution in [1.29, 1.82) is 0 Å². The van der Waals surface area contributed by atoms with Crippen molar-refractivity contribution < 1.29 is 28.5 Å². The zero-order chi connectivity index (χ0) is 23.9. The summed E-state index contributed by atoms with van der Waals surface area (Å²) in [6.07, 6.45) is 2.19. The summed E-state index contributed by atoms with van der Waals surface area (Å²) in [4.78, 5) is 12.2. The van der Waals surface area contributed by atoms with Crippen LogP contribution in [0.3, 0.4) is 0 Å². The number of hydrogen-bond acceptors (Lipinski definition) is 5. The Kier molecular flexibility index (Phi) is 6.25. The van der Waals surface area contributed by atoms with Crippen LogP contribution in [0.1, 0.15) is 50.3 Å². The average Bonchev–Trinajstić information content (AvgIpc) is 2.80. The van der Waals surface area contributed by atoms with Crippen molar-refractivity contribution in [3.05, 3.63) is 59.4 Å². The second kappa shape index (κ2) is 9.19. The molecular formula is C27H32FNO5. The summed E-state index contributed by atoms with van der Waals surface area (Å²) in [7, 11) is 0. The van der Waals surface area contributed by atoms with Crippen LogP contribution >= 0.6 is 0 Å². The third kappa shape index (κ3) is 4.64. The lowest BCUT2D eigenvalue weighted by Crippen LogP contribution is -2.52. The third-order valence-electron chi connectivity index (χ3n) is 7.46. The maximum Gasteiger partial charge on any atom is 0.309 e. The normalized spacial score (nSPS) is 28.3. The third-order valence-corrected chi connectivity index (χ3v) is 7.46. The van der Waals surface area contributed by atoms with Crippen molar-refractivity contribution in [1.82, 2.24) is 5.32 Å². The summed E-state index contributed by atoms with van der Waals surface area (Å²) in [6, 6.07) is 12.1. The monoisotopic (exact) mass is 469 g/mol. The first-order chi connectivity index (χ1) is 16.3. The van der Waals surface area contributed by atoms with E-state index in [9.17, 15) is 14.3 Å². The summed E-state index contributed by atoms with van der Waals surface area (Å²) in [5, 5.41) is 13.3. The van der Waals surface area contributed by atoms with Gasteiger partial charge >= 0.3 is 5.97 Å². The van der Waals surface area contributed by atoms with Gasteiger partial charge in [-0.1, -0.05) is 12.1 Å². The van der Waals surface area contributed by atoms with Crippen molar-refractivity contribution in [2.45, 2.75) is 63.4 Å². The number of fused-ring (bicyclic) bond motifs is 3. The van der Waals surface area contributed by atoms with Gasteiger partial charge in [0.1, 0.15) is 29.0 Å². The number of carbonyl (C=O) groups is 1. The number of piperidine rings is 1. The molecule has 3 aliphatic heterocycles. The van der Waals surface area contributed by atoms with Gasteiger partial charge in [-0.25, -0.2) is 4.39 Å². The first-order valence-corrected chi connectivity index (χ1v) is 12.1. The molecule has 0 spiro atoms. The molecule has 0 saturated carbocycles. The summed E-state index contributed by atoms with van der Waals surface area (Å²) in [5.74, 6) is -0.461. The van der Waals surface area contributed by atoms with E-state index in [0.717, 1.165) is 48.6 Å². The quantitative estimate of drug-likeness (QED) is 0.671. The highest BCUT2D eigenvalue weighted by Crippen LogP contribution is 2.53. The smallest absolute Gasteiger partial charge is 0.309 e. The summed E-state index contributed by atoms with van der Waals surface area (Å²) in [5.41, 5.74) is 1.18. The van der Waals surface area contributed by atoms with Crippen LogP contribution in [0.15, 0.2) is 42.5 Å². The molecule has 5 rings (SSSR count). The van der Waals surface area contributed by atoms with Gasteiger partial charge in [0.05, 0.1) is 18.1 Å². The van der Waals surface area contributed by atoms with Crippen molar-refractivity contribution in [2.24, 2.45) is 11.8 Å². The number of hydrogen-bond donors (Lipinski definition) is 2. The molecule has 0 aromatic heterocycles. The molecule has 2 aromatic carbocycles. The van der Waals surface area contributed by atoms with E-state index in [1.54, 1.807) is 12.1 Å². The van der Waals surface area contributed by atoms with Crippen molar-refractivity contribution in [2.75, 3.05) is 13.1 Å². The minimum atomic E-state index is -0.877. The first-order valence-electron chi connectivity index (χ1n) is 12.1. The molecule has 0 amide bonds. The molecule has 6 nitrogen and oxygen atoms in total. The largest absolute Gasteiger partial charge is 0.490 e. The highest BCUT2D eigenvalue weighted by Gasteiger charge is 2.52. The van der Waals surface area contributed by atoms with Gasteiger partial charge in [-0.3, -0.25) is 4.79 Å². The Bertz CT molecular complexity index is 1030. The number of aliphatic carboxylic acids is 1. The lowest BCUT2D eigenvalue weighted by Gasteiger charge is -2.50. The van der Waals surface area contributed by atoms with Crippen LogP contribution < -0.4 is 14.8 Å². The molecule has 3 heterocycles. The van der Waals surface area contributed by atoms with Gasteiger partial charge in [0.15, 0.2) is 0 Å². The van der Waals surface area contributed by atoms with Crippen molar-refractivity contribution in [3.63, 3.8) is 0 Å². The van der Waals surface area contributed by atoms with Crippen LogP contribution in [0, 0.1) is 17.7 Å². The van der Waals surface area contributed by atoms with Crippen molar-refractivity contribution in [3.8, 4) is 11.5 Å². The number of ether oxygens (including phenoxy) is 3. The van der Waals surface area contributed by atoms with Gasteiger partial charge in [-0.05, 0) is 82.4 Å². The van der Waals surface area contributed by atoms with Crippen molar-refractivity contribution >= 4 is 5.97 Å². The van der Waals surface area contributed by atoms with E-state index < -0.39 is 23.6 Å². The van der Waals surface area contributed by atoms with E-state index in [1.807, 2.05) is 32.0 Å². The van der Waals surface area contributed by atoms with Crippen LogP contribution in [-0.2, 0) is 16.0 Å².